The van der Waals surface area contributed by atoms with Crippen LogP contribution >= 0.6 is 0 Å². The van der Waals surface area contributed by atoms with Gasteiger partial charge in [-0.15, -0.1) is 0 Å². The maximum absolute atomic E-state index is 13.4. The Morgan fingerprint density at radius 2 is 1.82 bits per heavy atom. The zero-order valence-electron chi connectivity index (χ0n) is 8.91. The first-order chi connectivity index (χ1) is 8.00. The molecule has 1 aromatic carbocycles. The Morgan fingerprint density at radius 3 is 2.35 bits per heavy atom. The van der Waals surface area contributed by atoms with Crippen LogP contribution in [-0.2, 0) is 4.79 Å². The molecular formula is C10H9F2N3O2. The molecule has 90 valence electrons. The van der Waals surface area contributed by atoms with Crippen LogP contribution in [0.1, 0.15) is 0 Å². The van der Waals surface area contributed by atoms with E-state index in [9.17, 15) is 18.4 Å². The topological polar surface area (TPSA) is 52.7 Å². The Morgan fingerprint density at radius 1 is 1.24 bits per heavy atom. The van der Waals surface area contributed by atoms with Gasteiger partial charge in [-0.25, -0.2) is 19.0 Å². The van der Waals surface area contributed by atoms with Crippen molar-refractivity contribution in [2.45, 2.75) is 0 Å². The molecule has 1 aromatic rings. The number of likely N-dealkylation sites (N-methyl/N-ethyl adjacent to an activating group) is 1. The van der Waals surface area contributed by atoms with E-state index in [-0.39, 0.29) is 6.54 Å². The van der Waals surface area contributed by atoms with E-state index in [1.165, 1.54) is 13.1 Å². The van der Waals surface area contributed by atoms with Crippen LogP contribution < -0.4 is 10.4 Å². The number of hydrogen-bond donors (Lipinski definition) is 1. The van der Waals surface area contributed by atoms with Crippen LogP contribution in [-0.4, -0.2) is 30.4 Å². The first kappa shape index (κ1) is 11.3. The molecule has 0 radical (unpaired) electrons. The van der Waals surface area contributed by atoms with E-state index in [2.05, 4.69) is 5.43 Å². The third-order valence-electron chi connectivity index (χ3n) is 2.41. The summed E-state index contributed by atoms with van der Waals surface area (Å²) >= 11 is 0. The summed E-state index contributed by atoms with van der Waals surface area (Å²) in [4.78, 5) is 23.6. The van der Waals surface area contributed by atoms with Crippen LogP contribution in [0.25, 0.3) is 0 Å². The van der Waals surface area contributed by atoms with Crippen LogP contribution in [0.4, 0.5) is 19.3 Å². The van der Waals surface area contributed by atoms with Gasteiger partial charge in [-0.1, -0.05) is 6.07 Å². The molecule has 0 spiro atoms. The Bertz CT molecular complexity index is 454. The number of halogens is 2. The normalized spacial score (nSPS) is 16.2. The minimum atomic E-state index is -0.845. The fourth-order valence-corrected chi connectivity index (χ4v) is 1.47. The number of carbonyl (C=O) groups is 2. The molecule has 0 aliphatic carbocycles. The van der Waals surface area contributed by atoms with E-state index in [1.54, 1.807) is 0 Å². The molecule has 0 unspecified atom stereocenters. The summed E-state index contributed by atoms with van der Waals surface area (Å²) < 4.78 is 26.9. The van der Waals surface area contributed by atoms with Gasteiger partial charge in [0, 0.05) is 7.05 Å². The molecule has 17 heavy (non-hydrogen) atoms. The number of rotatable bonds is 1. The number of anilines is 1. The Hall–Kier alpha value is -2.18. The first-order valence-electron chi connectivity index (χ1n) is 4.79. The maximum Gasteiger partial charge on any atom is 0.342 e. The van der Waals surface area contributed by atoms with Crippen molar-refractivity contribution in [3.05, 3.63) is 29.8 Å². The maximum atomic E-state index is 13.4. The average molecular weight is 241 g/mol. The molecule has 0 aromatic heterocycles. The monoisotopic (exact) mass is 241 g/mol. The molecule has 1 fully saturated rings. The van der Waals surface area contributed by atoms with Crippen molar-refractivity contribution in [2.75, 3.05) is 18.6 Å². The zero-order valence-corrected chi connectivity index (χ0v) is 8.91. The van der Waals surface area contributed by atoms with E-state index in [1.807, 2.05) is 0 Å². The fourth-order valence-electron chi connectivity index (χ4n) is 1.47. The summed E-state index contributed by atoms with van der Waals surface area (Å²) in [6.07, 6.45) is 0. The van der Waals surface area contributed by atoms with Crippen LogP contribution in [0, 0.1) is 11.6 Å². The molecular weight excluding hydrogens is 232 g/mol. The number of benzene rings is 1. The fraction of sp³-hybridized carbons (Fsp3) is 0.200. The van der Waals surface area contributed by atoms with Crippen molar-refractivity contribution in [1.29, 1.82) is 0 Å². The predicted octanol–water partition coefficient (Wildman–Crippen LogP) is 0.868. The molecule has 0 atom stereocenters. The Balaban J connectivity index is 2.36. The van der Waals surface area contributed by atoms with Gasteiger partial charge in [-0.05, 0) is 12.1 Å². The lowest BCUT2D eigenvalue weighted by atomic mass is 10.2. The van der Waals surface area contributed by atoms with Crippen LogP contribution in [0.5, 0.6) is 0 Å². The second-order valence-electron chi connectivity index (χ2n) is 3.53. The van der Waals surface area contributed by atoms with Crippen molar-refractivity contribution < 1.29 is 18.4 Å². The largest absolute Gasteiger partial charge is 0.342 e. The lowest BCUT2D eigenvalue weighted by molar-refractivity contribution is -0.126. The highest BCUT2D eigenvalue weighted by Crippen LogP contribution is 2.22. The summed E-state index contributed by atoms with van der Waals surface area (Å²) in [5.41, 5.74) is 1.77. The van der Waals surface area contributed by atoms with Crippen LogP contribution in [0.3, 0.4) is 0 Å². The second-order valence-corrected chi connectivity index (χ2v) is 3.53. The molecule has 3 amide bonds. The number of imide groups is 1. The number of urea groups is 1. The van der Waals surface area contributed by atoms with Gasteiger partial charge in [-0.3, -0.25) is 14.7 Å². The highest BCUT2D eigenvalue weighted by molar-refractivity contribution is 5.99. The van der Waals surface area contributed by atoms with Gasteiger partial charge in [0.25, 0.3) is 5.91 Å². The van der Waals surface area contributed by atoms with E-state index < -0.39 is 29.3 Å². The minimum absolute atomic E-state index is 0.319. The minimum Gasteiger partial charge on any atom is -0.272 e. The lowest BCUT2D eigenvalue weighted by Crippen LogP contribution is -2.59. The number of nitrogens with zero attached hydrogens (tertiary/aromatic N) is 2. The first-order valence-corrected chi connectivity index (χ1v) is 4.79. The van der Waals surface area contributed by atoms with Gasteiger partial charge in [0.2, 0.25) is 0 Å². The summed E-state index contributed by atoms with van der Waals surface area (Å²) in [6, 6.07) is 2.57. The van der Waals surface area contributed by atoms with Crippen molar-refractivity contribution >= 4 is 17.6 Å². The van der Waals surface area contributed by atoms with Crippen molar-refractivity contribution in [3.8, 4) is 0 Å². The second kappa shape index (κ2) is 4.00. The molecule has 1 aliphatic heterocycles. The van der Waals surface area contributed by atoms with E-state index in [0.717, 1.165) is 22.0 Å². The van der Waals surface area contributed by atoms with E-state index in [0.29, 0.717) is 0 Å². The molecule has 1 saturated heterocycles. The van der Waals surface area contributed by atoms with E-state index >= 15 is 0 Å². The highest BCUT2D eigenvalue weighted by Gasteiger charge is 2.30. The van der Waals surface area contributed by atoms with E-state index in [4.69, 9.17) is 0 Å². The molecule has 0 saturated carbocycles. The van der Waals surface area contributed by atoms with Gasteiger partial charge in [0.15, 0.2) is 11.6 Å². The average Bonchev–Trinajstić information content (AvgIpc) is 2.25. The third kappa shape index (κ3) is 1.91. The lowest BCUT2D eigenvalue weighted by Gasteiger charge is -2.33. The van der Waals surface area contributed by atoms with Crippen molar-refractivity contribution in [3.63, 3.8) is 0 Å². The van der Waals surface area contributed by atoms with Crippen molar-refractivity contribution in [1.82, 2.24) is 10.3 Å². The predicted molar refractivity (Wildman–Crippen MR) is 55.0 cm³/mol. The van der Waals surface area contributed by atoms with Gasteiger partial charge in [0.1, 0.15) is 12.2 Å². The summed E-state index contributed by atoms with van der Waals surface area (Å²) in [7, 11) is 1.28. The summed E-state index contributed by atoms with van der Waals surface area (Å²) in [6.45, 7) is -0.319. The number of para-hydroxylation sites is 1. The van der Waals surface area contributed by atoms with Gasteiger partial charge >= 0.3 is 6.03 Å². The molecule has 7 heteroatoms. The quantitative estimate of drug-likeness (QED) is 0.793. The summed E-state index contributed by atoms with van der Waals surface area (Å²) in [5.74, 6) is -2.23. The molecule has 5 nitrogen and oxygen atoms in total. The molecule has 1 heterocycles. The van der Waals surface area contributed by atoms with Gasteiger partial charge in [-0.2, -0.15) is 0 Å². The zero-order chi connectivity index (χ0) is 12.6. The standard InChI is InChI=1S/C10H9F2N3O2/c1-14-8(16)5-15(13-10(14)17)9-6(11)3-2-4-7(9)12/h2-4H,5H2,1H3,(H,13,17). The molecule has 1 N–H and O–H groups in total. The third-order valence-corrected chi connectivity index (χ3v) is 2.41. The molecule has 1 aliphatic rings. The van der Waals surface area contributed by atoms with Crippen LogP contribution in [0.2, 0.25) is 0 Å². The number of amides is 3. The smallest absolute Gasteiger partial charge is 0.272 e. The SMILES string of the molecule is CN1C(=O)CN(c2c(F)cccc2F)NC1=O. The number of nitrogens with one attached hydrogen (secondary N) is 1. The van der Waals surface area contributed by atoms with Gasteiger partial charge < -0.3 is 0 Å². The Labute approximate surface area is 95.6 Å². The van der Waals surface area contributed by atoms with Crippen molar-refractivity contribution in [2.24, 2.45) is 0 Å². The highest BCUT2D eigenvalue weighted by atomic mass is 19.1. The number of carbonyl (C=O) groups excluding carboxylic acids is 2. The number of hydrogen-bond acceptors (Lipinski definition) is 3. The Kier molecular flexibility index (Phi) is 2.66. The van der Waals surface area contributed by atoms with Gasteiger partial charge in [0.05, 0.1) is 0 Å². The van der Waals surface area contributed by atoms with Crippen LogP contribution in [0.15, 0.2) is 18.2 Å². The molecule has 0 bridgehead atoms. The number of hydrazine groups is 1. The summed E-state index contributed by atoms with van der Waals surface area (Å²) in [5, 5.41) is 0.856. The molecule has 2 rings (SSSR count).